The molecule has 1 N–H and O–H groups in total. The summed E-state index contributed by atoms with van der Waals surface area (Å²) in [4.78, 5) is 21.7. The SMILES string of the molecule is CC(C)(C)OC(=O)NCCC#Cc1ccccc1[N+](=O)[O-]. The minimum atomic E-state index is -0.541. The summed E-state index contributed by atoms with van der Waals surface area (Å²) in [5.74, 6) is 5.52. The normalized spacial score (nSPS) is 10.2. The van der Waals surface area contributed by atoms with E-state index in [0.717, 1.165) is 0 Å². The molecule has 1 aromatic rings. The van der Waals surface area contributed by atoms with Gasteiger partial charge in [-0.05, 0) is 26.8 Å². The Balaban J connectivity index is 2.48. The van der Waals surface area contributed by atoms with E-state index >= 15 is 0 Å². The quantitative estimate of drug-likeness (QED) is 0.401. The Bertz CT molecular complexity index is 579. The molecule has 0 aliphatic heterocycles. The van der Waals surface area contributed by atoms with Crippen LogP contribution in [-0.2, 0) is 4.74 Å². The third-order valence-electron chi connectivity index (χ3n) is 2.24. The minimum absolute atomic E-state index is 0.0231. The second kappa shape index (κ2) is 7.29. The van der Waals surface area contributed by atoms with Crippen molar-refractivity contribution in [1.29, 1.82) is 0 Å². The lowest BCUT2D eigenvalue weighted by Crippen LogP contribution is -2.32. The van der Waals surface area contributed by atoms with Gasteiger partial charge >= 0.3 is 6.09 Å². The lowest BCUT2D eigenvalue weighted by atomic mass is 10.2. The average Bonchev–Trinajstić information content (AvgIpc) is 2.36. The van der Waals surface area contributed by atoms with Gasteiger partial charge in [0.2, 0.25) is 0 Å². The molecule has 0 unspecified atom stereocenters. The van der Waals surface area contributed by atoms with E-state index in [1.54, 1.807) is 39.0 Å². The van der Waals surface area contributed by atoms with Crippen LogP contribution < -0.4 is 5.32 Å². The second-order valence-corrected chi connectivity index (χ2v) is 5.25. The fraction of sp³-hybridized carbons (Fsp3) is 0.400. The zero-order chi connectivity index (χ0) is 15.9. The van der Waals surface area contributed by atoms with Crippen molar-refractivity contribution < 1.29 is 14.5 Å². The monoisotopic (exact) mass is 290 g/mol. The Morgan fingerprint density at radius 2 is 2.05 bits per heavy atom. The average molecular weight is 290 g/mol. The number of benzene rings is 1. The van der Waals surface area contributed by atoms with Gasteiger partial charge in [0.1, 0.15) is 11.2 Å². The number of hydrogen-bond donors (Lipinski definition) is 1. The van der Waals surface area contributed by atoms with Gasteiger partial charge in [-0.3, -0.25) is 10.1 Å². The van der Waals surface area contributed by atoms with Crippen LogP contribution in [0.2, 0.25) is 0 Å². The first-order valence-corrected chi connectivity index (χ1v) is 6.49. The first-order chi connectivity index (χ1) is 9.79. The number of nitrogens with one attached hydrogen (secondary N) is 1. The van der Waals surface area contributed by atoms with Gasteiger partial charge in [-0.25, -0.2) is 4.79 Å². The molecule has 0 atom stereocenters. The number of nitro groups is 1. The van der Waals surface area contributed by atoms with Crippen LogP contribution in [-0.4, -0.2) is 23.2 Å². The topological polar surface area (TPSA) is 81.5 Å². The van der Waals surface area contributed by atoms with Crippen molar-refractivity contribution in [3.63, 3.8) is 0 Å². The van der Waals surface area contributed by atoms with E-state index in [1.807, 2.05) is 0 Å². The van der Waals surface area contributed by atoms with Crippen LogP contribution in [0.25, 0.3) is 0 Å². The molecule has 0 saturated heterocycles. The summed E-state index contributed by atoms with van der Waals surface area (Å²) >= 11 is 0. The maximum atomic E-state index is 11.4. The summed E-state index contributed by atoms with van der Waals surface area (Å²) in [7, 11) is 0. The Labute approximate surface area is 123 Å². The van der Waals surface area contributed by atoms with Crippen molar-refractivity contribution >= 4 is 11.8 Å². The molecule has 6 heteroatoms. The number of nitrogens with zero attached hydrogens (tertiary/aromatic N) is 1. The maximum Gasteiger partial charge on any atom is 0.407 e. The fourth-order valence-electron chi connectivity index (χ4n) is 1.44. The number of amides is 1. The van der Waals surface area contributed by atoms with E-state index in [1.165, 1.54) is 6.07 Å². The van der Waals surface area contributed by atoms with Crippen LogP contribution in [0.3, 0.4) is 0 Å². The van der Waals surface area contributed by atoms with Crippen LogP contribution in [0, 0.1) is 22.0 Å². The Morgan fingerprint density at radius 1 is 1.38 bits per heavy atom. The molecular weight excluding hydrogens is 272 g/mol. The molecule has 1 rings (SSSR count). The molecule has 0 aromatic heterocycles. The van der Waals surface area contributed by atoms with Crippen molar-refractivity contribution in [2.75, 3.05) is 6.54 Å². The van der Waals surface area contributed by atoms with E-state index in [4.69, 9.17) is 4.74 Å². The standard InChI is InChI=1S/C15H18N2O4/c1-15(2,3)21-14(18)16-11-7-6-9-12-8-4-5-10-13(12)17(19)20/h4-5,8,10H,7,11H2,1-3H3,(H,16,18). The number of rotatable bonds is 3. The van der Waals surface area contributed by atoms with Gasteiger partial charge in [0.25, 0.3) is 5.69 Å². The van der Waals surface area contributed by atoms with E-state index in [0.29, 0.717) is 18.5 Å². The zero-order valence-electron chi connectivity index (χ0n) is 12.3. The summed E-state index contributed by atoms with van der Waals surface area (Å²) in [6, 6.07) is 6.28. The lowest BCUT2D eigenvalue weighted by Gasteiger charge is -2.19. The van der Waals surface area contributed by atoms with Crippen LogP contribution in [0.15, 0.2) is 24.3 Å². The van der Waals surface area contributed by atoms with E-state index in [-0.39, 0.29) is 5.69 Å². The Kier molecular flexibility index (Phi) is 5.73. The van der Waals surface area contributed by atoms with Gasteiger partial charge in [-0.2, -0.15) is 0 Å². The number of carbonyl (C=O) groups is 1. The highest BCUT2D eigenvalue weighted by atomic mass is 16.6. The molecule has 21 heavy (non-hydrogen) atoms. The van der Waals surface area contributed by atoms with E-state index < -0.39 is 16.6 Å². The van der Waals surface area contributed by atoms with Crippen LogP contribution in [0.1, 0.15) is 32.8 Å². The smallest absolute Gasteiger partial charge is 0.407 e. The first-order valence-electron chi connectivity index (χ1n) is 6.49. The van der Waals surface area contributed by atoms with Crippen molar-refractivity contribution in [3.8, 4) is 11.8 Å². The van der Waals surface area contributed by atoms with Crippen molar-refractivity contribution in [1.82, 2.24) is 5.32 Å². The molecule has 0 aliphatic carbocycles. The molecule has 0 heterocycles. The van der Waals surface area contributed by atoms with Gasteiger partial charge < -0.3 is 10.1 Å². The number of nitro benzene ring substituents is 1. The molecule has 0 spiro atoms. The maximum absolute atomic E-state index is 11.4. The zero-order valence-corrected chi connectivity index (χ0v) is 12.3. The summed E-state index contributed by atoms with van der Waals surface area (Å²) in [6.07, 6.45) is -0.124. The highest BCUT2D eigenvalue weighted by Gasteiger charge is 2.15. The van der Waals surface area contributed by atoms with Crippen molar-refractivity contribution in [2.24, 2.45) is 0 Å². The number of para-hydroxylation sites is 1. The number of hydrogen-bond acceptors (Lipinski definition) is 4. The molecule has 0 bridgehead atoms. The molecule has 1 amide bonds. The Hall–Kier alpha value is -2.55. The minimum Gasteiger partial charge on any atom is -0.444 e. The lowest BCUT2D eigenvalue weighted by molar-refractivity contribution is -0.385. The Morgan fingerprint density at radius 3 is 2.67 bits per heavy atom. The van der Waals surface area contributed by atoms with Gasteiger partial charge in [0.15, 0.2) is 0 Å². The van der Waals surface area contributed by atoms with E-state index in [2.05, 4.69) is 17.2 Å². The molecule has 6 nitrogen and oxygen atoms in total. The summed E-state index contributed by atoms with van der Waals surface area (Å²) in [6.45, 7) is 5.66. The molecule has 0 aliphatic rings. The van der Waals surface area contributed by atoms with E-state index in [9.17, 15) is 14.9 Å². The number of alkyl carbamates (subject to hydrolysis) is 1. The molecular formula is C15H18N2O4. The fourth-order valence-corrected chi connectivity index (χ4v) is 1.44. The number of carbonyl (C=O) groups excluding carboxylic acids is 1. The predicted octanol–water partition coefficient (Wildman–Crippen LogP) is 2.86. The predicted molar refractivity (Wildman–Crippen MR) is 78.8 cm³/mol. The third-order valence-corrected chi connectivity index (χ3v) is 2.24. The molecule has 1 aromatic carbocycles. The number of ether oxygens (including phenoxy) is 1. The first kappa shape index (κ1) is 16.5. The van der Waals surface area contributed by atoms with Crippen LogP contribution >= 0.6 is 0 Å². The van der Waals surface area contributed by atoms with Crippen molar-refractivity contribution in [3.05, 3.63) is 39.9 Å². The highest BCUT2D eigenvalue weighted by molar-refractivity contribution is 5.67. The summed E-state index contributed by atoms with van der Waals surface area (Å²) < 4.78 is 5.07. The van der Waals surface area contributed by atoms with Crippen LogP contribution in [0.4, 0.5) is 10.5 Å². The highest BCUT2D eigenvalue weighted by Crippen LogP contribution is 2.15. The second-order valence-electron chi connectivity index (χ2n) is 5.25. The van der Waals surface area contributed by atoms with Gasteiger partial charge in [0, 0.05) is 19.0 Å². The third kappa shape index (κ3) is 6.43. The van der Waals surface area contributed by atoms with Crippen LogP contribution in [0.5, 0.6) is 0 Å². The summed E-state index contributed by atoms with van der Waals surface area (Å²) in [5.41, 5.74) is -0.203. The molecule has 0 saturated carbocycles. The van der Waals surface area contributed by atoms with Gasteiger partial charge in [-0.15, -0.1) is 0 Å². The molecule has 0 radical (unpaired) electrons. The largest absolute Gasteiger partial charge is 0.444 e. The summed E-state index contributed by atoms with van der Waals surface area (Å²) in [5, 5.41) is 13.4. The molecule has 0 fully saturated rings. The van der Waals surface area contributed by atoms with Gasteiger partial charge in [0.05, 0.1) is 4.92 Å². The van der Waals surface area contributed by atoms with Gasteiger partial charge in [-0.1, -0.05) is 24.0 Å². The van der Waals surface area contributed by atoms with Crippen molar-refractivity contribution in [2.45, 2.75) is 32.8 Å². The molecule has 112 valence electrons.